The number of fused-ring (bicyclic) bond motifs is 6. The molecular formula is C56H35N5. The van der Waals surface area contributed by atoms with E-state index in [9.17, 15) is 10.5 Å². The SMILES string of the molecule is N#Cc1ccc(-n2c3ccccc3c3cc(N(c4ccc(-c5ccc(-c6ccccc6)cc5)cc4)c4ccc5c(c4)c4ccccc4n5-c4ccc(C#N)cc4)ccc32)cc1. The summed E-state index contributed by atoms with van der Waals surface area (Å²) in [6.45, 7) is 0. The lowest BCUT2D eigenvalue weighted by Gasteiger charge is -2.26. The highest BCUT2D eigenvalue weighted by Crippen LogP contribution is 2.43. The number of nitrogens with zero attached hydrogens (tertiary/aromatic N) is 5. The highest BCUT2D eigenvalue weighted by Gasteiger charge is 2.20. The number of anilines is 3. The van der Waals surface area contributed by atoms with Gasteiger partial charge in [0.1, 0.15) is 0 Å². The molecule has 0 N–H and O–H groups in total. The molecule has 0 unspecified atom stereocenters. The summed E-state index contributed by atoms with van der Waals surface area (Å²) >= 11 is 0. The molecule has 5 heteroatoms. The second-order valence-corrected chi connectivity index (χ2v) is 15.3. The van der Waals surface area contributed by atoms with E-state index in [4.69, 9.17) is 0 Å². The number of benzene rings is 9. The Morgan fingerprint density at radius 1 is 0.311 bits per heavy atom. The first-order chi connectivity index (χ1) is 30.1. The van der Waals surface area contributed by atoms with Crippen LogP contribution in [0.3, 0.4) is 0 Å². The molecule has 0 aliphatic heterocycles. The molecule has 0 radical (unpaired) electrons. The first-order valence-corrected chi connectivity index (χ1v) is 20.3. The third kappa shape index (κ3) is 6.09. The first-order valence-electron chi connectivity index (χ1n) is 20.3. The summed E-state index contributed by atoms with van der Waals surface area (Å²) in [5.41, 5.74) is 15.5. The summed E-state index contributed by atoms with van der Waals surface area (Å²) in [5, 5.41) is 23.6. The van der Waals surface area contributed by atoms with Gasteiger partial charge < -0.3 is 14.0 Å². The average molecular weight is 778 g/mol. The van der Waals surface area contributed by atoms with E-state index >= 15 is 0 Å². The van der Waals surface area contributed by atoms with E-state index in [1.54, 1.807) is 0 Å². The number of aromatic nitrogens is 2. The van der Waals surface area contributed by atoms with Gasteiger partial charge in [-0.1, -0.05) is 103 Å². The molecule has 11 rings (SSSR count). The zero-order valence-corrected chi connectivity index (χ0v) is 32.9. The standard InChI is InChI=1S/C56H35N5/c57-36-38-14-24-45(25-15-38)60-53-12-6-4-10-49(53)51-34-47(30-32-55(51)60)59(44-28-22-43(23-29-44)42-20-18-41(19-21-42)40-8-2-1-3-9-40)48-31-33-56-52(35-48)50-11-5-7-13-54(50)61(56)46-26-16-39(37-58)17-27-46/h1-35H. The van der Waals surface area contributed by atoms with Gasteiger partial charge in [0.2, 0.25) is 0 Å². The van der Waals surface area contributed by atoms with Crippen LogP contribution in [0.25, 0.3) is 77.2 Å². The van der Waals surface area contributed by atoms with Gasteiger partial charge in [0.25, 0.3) is 0 Å². The largest absolute Gasteiger partial charge is 0.310 e. The fraction of sp³-hybridized carbons (Fsp3) is 0. The Morgan fingerprint density at radius 3 is 1.11 bits per heavy atom. The van der Waals surface area contributed by atoms with Crippen molar-refractivity contribution >= 4 is 60.7 Å². The molecule has 0 aliphatic rings. The molecule has 284 valence electrons. The van der Waals surface area contributed by atoms with Gasteiger partial charge in [-0.15, -0.1) is 0 Å². The lowest BCUT2D eigenvalue weighted by molar-refractivity contribution is 1.17. The molecule has 0 saturated carbocycles. The summed E-state index contributed by atoms with van der Waals surface area (Å²) in [5.74, 6) is 0. The van der Waals surface area contributed by atoms with Crippen molar-refractivity contribution in [3.63, 3.8) is 0 Å². The van der Waals surface area contributed by atoms with Crippen molar-refractivity contribution in [1.29, 1.82) is 10.5 Å². The van der Waals surface area contributed by atoms with Crippen LogP contribution >= 0.6 is 0 Å². The van der Waals surface area contributed by atoms with E-state index in [1.807, 2.05) is 54.6 Å². The highest BCUT2D eigenvalue weighted by molar-refractivity contribution is 6.12. The molecule has 0 atom stereocenters. The highest BCUT2D eigenvalue weighted by atomic mass is 15.1. The fourth-order valence-electron chi connectivity index (χ4n) is 8.86. The minimum absolute atomic E-state index is 0.634. The Hall–Kier alpha value is -8.64. The first kappa shape index (κ1) is 35.5. The molecule has 0 aliphatic carbocycles. The second kappa shape index (κ2) is 14.6. The van der Waals surface area contributed by atoms with Crippen LogP contribution in [-0.2, 0) is 0 Å². The van der Waals surface area contributed by atoms with Gasteiger partial charge in [-0.05, 0) is 131 Å². The van der Waals surface area contributed by atoms with Crippen molar-refractivity contribution in [1.82, 2.24) is 9.13 Å². The van der Waals surface area contributed by atoms with Gasteiger partial charge in [0.05, 0.1) is 45.3 Å². The predicted molar refractivity (Wildman–Crippen MR) is 250 cm³/mol. The summed E-state index contributed by atoms with van der Waals surface area (Å²) in [4.78, 5) is 2.35. The Bertz CT molecular complexity index is 3330. The smallest absolute Gasteiger partial charge is 0.0991 e. The maximum atomic E-state index is 9.50. The maximum absolute atomic E-state index is 9.50. The Morgan fingerprint density at radius 2 is 0.672 bits per heavy atom. The number of hydrogen-bond donors (Lipinski definition) is 0. The normalized spacial score (nSPS) is 11.2. The number of rotatable bonds is 7. The van der Waals surface area contributed by atoms with Crippen LogP contribution in [0.2, 0.25) is 0 Å². The van der Waals surface area contributed by atoms with Crippen LogP contribution in [0.1, 0.15) is 11.1 Å². The van der Waals surface area contributed by atoms with Crippen LogP contribution in [0.15, 0.2) is 212 Å². The van der Waals surface area contributed by atoms with Gasteiger partial charge in [0, 0.05) is 50.0 Å². The zero-order valence-electron chi connectivity index (χ0n) is 32.9. The quantitative estimate of drug-likeness (QED) is 0.162. The van der Waals surface area contributed by atoms with Gasteiger partial charge in [-0.3, -0.25) is 0 Å². The van der Waals surface area contributed by atoms with Gasteiger partial charge in [-0.2, -0.15) is 10.5 Å². The monoisotopic (exact) mass is 777 g/mol. The van der Waals surface area contributed by atoms with E-state index in [1.165, 1.54) is 11.1 Å². The lowest BCUT2D eigenvalue weighted by Crippen LogP contribution is -2.10. The van der Waals surface area contributed by atoms with Gasteiger partial charge in [0.15, 0.2) is 0 Å². The molecule has 0 bridgehead atoms. The third-order valence-electron chi connectivity index (χ3n) is 11.8. The van der Waals surface area contributed by atoms with E-state index < -0.39 is 0 Å². The lowest BCUT2D eigenvalue weighted by atomic mass is 10.00. The van der Waals surface area contributed by atoms with Crippen molar-refractivity contribution in [3.8, 4) is 45.8 Å². The van der Waals surface area contributed by atoms with Crippen LogP contribution < -0.4 is 4.90 Å². The van der Waals surface area contributed by atoms with Crippen molar-refractivity contribution in [2.24, 2.45) is 0 Å². The third-order valence-corrected chi connectivity index (χ3v) is 11.8. The Labute approximate surface area is 353 Å². The van der Waals surface area contributed by atoms with Crippen LogP contribution in [0.4, 0.5) is 17.1 Å². The van der Waals surface area contributed by atoms with E-state index in [2.05, 4.69) is 184 Å². The average Bonchev–Trinajstić information content (AvgIpc) is 3.84. The maximum Gasteiger partial charge on any atom is 0.0991 e. The topological polar surface area (TPSA) is 60.7 Å². The summed E-state index contributed by atoms with van der Waals surface area (Å²) in [6.07, 6.45) is 0. The minimum Gasteiger partial charge on any atom is -0.310 e. The molecule has 0 fully saturated rings. The van der Waals surface area contributed by atoms with Crippen molar-refractivity contribution in [3.05, 3.63) is 223 Å². The summed E-state index contributed by atoms with van der Waals surface area (Å²) in [6, 6.07) is 78.7. The van der Waals surface area contributed by atoms with Gasteiger partial charge in [-0.25, -0.2) is 0 Å². The number of hydrogen-bond acceptors (Lipinski definition) is 3. The molecule has 61 heavy (non-hydrogen) atoms. The fourth-order valence-corrected chi connectivity index (χ4v) is 8.86. The van der Waals surface area contributed by atoms with Crippen molar-refractivity contribution in [2.45, 2.75) is 0 Å². The Balaban J connectivity index is 1.08. The molecular weight excluding hydrogens is 743 g/mol. The van der Waals surface area contributed by atoms with Crippen LogP contribution in [-0.4, -0.2) is 9.13 Å². The summed E-state index contributed by atoms with van der Waals surface area (Å²) < 4.78 is 4.56. The Kier molecular flexibility index (Phi) is 8.52. The molecule has 2 aromatic heterocycles. The molecule has 0 spiro atoms. The molecule has 0 amide bonds. The zero-order chi connectivity index (χ0) is 40.9. The van der Waals surface area contributed by atoms with Crippen LogP contribution in [0, 0.1) is 22.7 Å². The number of para-hydroxylation sites is 2. The second-order valence-electron chi connectivity index (χ2n) is 15.3. The van der Waals surface area contributed by atoms with Crippen LogP contribution in [0.5, 0.6) is 0 Å². The van der Waals surface area contributed by atoms with Crippen molar-refractivity contribution < 1.29 is 0 Å². The van der Waals surface area contributed by atoms with E-state index in [-0.39, 0.29) is 0 Å². The van der Waals surface area contributed by atoms with Gasteiger partial charge >= 0.3 is 0 Å². The minimum atomic E-state index is 0.634. The molecule has 0 saturated heterocycles. The molecule has 9 aromatic carbocycles. The summed E-state index contributed by atoms with van der Waals surface area (Å²) in [7, 11) is 0. The molecule has 5 nitrogen and oxygen atoms in total. The van der Waals surface area contributed by atoms with Crippen molar-refractivity contribution in [2.75, 3.05) is 4.90 Å². The predicted octanol–water partition coefficient (Wildman–Crippen LogP) is 14.4. The van der Waals surface area contributed by atoms with E-state index in [0.29, 0.717) is 11.1 Å². The molecule has 11 aromatic rings. The number of nitriles is 2. The van der Waals surface area contributed by atoms with E-state index in [0.717, 1.165) is 83.2 Å². The molecule has 2 heterocycles.